The Bertz CT molecular complexity index is 981. The first-order valence-electron chi connectivity index (χ1n) is 13.4. The number of likely N-dealkylation sites (N-methyl/N-ethyl adjacent to an activating group) is 1. The number of hydrogen-bond donors (Lipinski definition) is 1. The summed E-state index contributed by atoms with van der Waals surface area (Å²) in [5, 5.41) is 5.48. The highest BCUT2D eigenvalue weighted by Crippen LogP contribution is 2.34. The number of aryl methyl sites for hydroxylation is 1. The van der Waals surface area contributed by atoms with E-state index in [-0.39, 0.29) is 0 Å². The number of benzene rings is 1. The number of pyridine rings is 1. The second kappa shape index (κ2) is 13.3. The van der Waals surface area contributed by atoms with E-state index >= 15 is 0 Å². The molecule has 34 heavy (non-hydrogen) atoms. The Kier molecular flexibility index (Phi) is 10.5. The van der Waals surface area contributed by atoms with E-state index in [0.717, 1.165) is 59.5 Å². The standard InChI is InChI=1S/C30H44ClN3/c1-6-8-10-13-22(3)20-34(21-25(32-5)14-9-7-2)23(4)24-17-18-27-29(19-24)33-28-16-12-11-15-26(28)30(27)31/h17-19,25,32H,3-4,6-16,20-21H2,1-2,5H3. The zero-order valence-electron chi connectivity index (χ0n) is 21.7. The topological polar surface area (TPSA) is 28.2 Å². The molecule has 1 aliphatic carbocycles. The van der Waals surface area contributed by atoms with Gasteiger partial charge in [-0.05, 0) is 69.2 Å². The minimum absolute atomic E-state index is 0.431. The van der Waals surface area contributed by atoms with Crippen LogP contribution in [-0.2, 0) is 12.8 Å². The molecule has 0 spiro atoms. The summed E-state index contributed by atoms with van der Waals surface area (Å²) in [5.41, 5.74) is 6.88. The molecule has 1 aromatic carbocycles. The van der Waals surface area contributed by atoms with Crippen molar-refractivity contribution in [3.63, 3.8) is 0 Å². The largest absolute Gasteiger partial charge is 0.366 e. The van der Waals surface area contributed by atoms with E-state index in [9.17, 15) is 0 Å². The van der Waals surface area contributed by atoms with Crippen molar-refractivity contribution in [3.8, 4) is 0 Å². The van der Waals surface area contributed by atoms with Crippen molar-refractivity contribution in [1.82, 2.24) is 15.2 Å². The van der Waals surface area contributed by atoms with E-state index in [2.05, 4.69) is 62.5 Å². The average molecular weight is 482 g/mol. The van der Waals surface area contributed by atoms with Gasteiger partial charge in [0.25, 0.3) is 0 Å². The summed E-state index contributed by atoms with van der Waals surface area (Å²) < 4.78 is 0. The van der Waals surface area contributed by atoms with E-state index in [1.807, 2.05) is 0 Å². The maximum absolute atomic E-state index is 6.83. The lowest BCUT2D eigenvalue weighted by Crippen LogP contribution is -2.39. The Morgan fingerprint density at radius 1 is 1.12 bits per heavy atom. The van der Waals surface area contributed by atoms with E-state index in [1.165, 1.54) is 68.2 Å². The quantitative estimate of drug-likeness (QED) is 0.219. The molecule has 0 fully saturated rings. The van der Waals surface area contributed by atoms with Gasteiger partial charge in [0.1, 0.15) is 0 Å². The molecule has 0 saturated carbocycles. The highest BCUT2D eigenvalue weighted by atomic mass is 35.5. The molecule has 1 atom stereocenters. The number of halogens is 1. The lowest BCUT2D eigenvalue weighted by molar-refractivity contribution is 0.345. The van der Waals surface area contributed by atoms with Gasteiger partial charge < -0.3 is 10.2 Å². The Morgan fingerprint density at radius 3 is 2.62 bits per heavy atom. The zero-order chi connectivity index (χ0) is 24.5. The van der Waals surface area contributed by atoms with E-state index < -0.39 is 0 Å². The maximum atomic E-state index is 6.83. The van der Waals surface area contributed by atoms with Crippen molar-refractivity contribution < 1.29 is 0 Å². The van der Waals surface area contributed by atoms with E-state index in [4.69, 9.17) is 16.6 Å². The van der Waals surface area contributed by atoms with Crippen LogP contribution in [0.4, 0.5) is 0 Å². The zero-order valence-corrected chi connectivity index (χ0v) is 22.4. The van der Waals surface area contributed by atoms with Crippen molar-refractivity contribution in [2.45, 2.75) is 90.5 Å². The molecule has 0 aliphatic heterocycles. The Hall–Kier alpha value is -1.84. The first-order valence-corrected chi connectivity index (χ1v) is 13.7. The number of aromatic nitrogens is 1. The predicted molar refractivity (Wildman–Crippen MR) is 150 cm³/mol. The minimum atomic E-state index is 0.431. The number of unbranched alkanes of at least 4 members (excludes halogenated alkanes) is 3. The van der Waals surface area contributed by atoms with Crippen LogP contribution in [0.1, 0.15) is 88.5 Å². The number of rotatable bonds is 14. The van der Waals surface area contributed by atoms with Gasteiger partial charge in [-0.1, -0.05) is 82.0 Å². The van der Waals surface area contributed by atoms with Crippen molar-refractivity contribution in [1.29, 1.82) is 0 Å². The molecule has 186 valence electrons. The van der Waals surface area contributed by atoms with Crippen LogP contribution in [0.15, 0.2) is 36.9 Å². The Balaban J connectivity index is 1.86. The molecule has 0 amide bonds. The summed E-state index contributed by atoms with van der Waals surface area (Å²) in [7, 11) is 2.07. The van der Waals surface area contributed by atoms with E-state index in [0.29, 0.717) is 6.04 Å². The molecular weight excluding hydrogens is 438 g/mol. The number of fused-ring (bicyclic) bond motifs is 2. The van der Waals surface area contributed by atoms with Crippen LogP contribution in [-0.4, -0.2) is 36.1 Å². The van der Waals surface area contributed by atoms with Crippen molar-refractivity contribution in [2.24, 2.45) is 0 Å². The Labute approximate surface area is 212 Å². The van der Waals surface area contributed by atoms with Crippen molar-refractivity contribution in [3.05, 3.63) is 58.8 Å². The molecule has 3 rings (SSSR count). The van der Waals surface area contributed by atoms with Gasteiger partial charge in [0.15, 0.2) is 0 Å². The van der Waals surface area contributed by atoms with Crippen LogP contribution in [0.2, 0.25) is 5.02 Å². The molecule has 4 heteroatoms. The fraction of sp³-hybridized carbons (Fsp3) is 0.567. The molecule has 1 aliphatic rings. The van der Waals surface area contributed by atoms with Gasteiger partial charge in [-0.25, -0.2) is 0 Å². The molecule has 0 bridgehead atoms. The maximum Gasteiger partial charge on any atom is 0.0727 e. The highest BCUT2D eigenvalue weighted by Gasteiger charge is 2.20. The molecule has 0 saturated heterocycles. The van der Waals surface area contributed by atoms with Gasteiger partial charge in [0, 0.05) is 35.9 Å². The summed E-state index contributed by atoms with van der Waals surface area (Å²) >= 11 is 6.83. The predicted octanol–water partition coefficient (Wildman–Crippen LogP) is 7.95. The summed E-state index contributed by atoms with van der Waals surface area (Å²) in [5.74, 6) is 0. The molecule has 1 heterocycles. The second-order valence-electron chi connectivity index (χ2n) is 9.95. The third-order valence-corrected chi connectivity index (χ3v) is 7.64. The average Bonchev–Trinajstić information content (AvgIpc) is 2.85. The van der Waals surface area contributed by atoms with Crippen LogP contribution in [0.3, 0.4) is 0 Å². The fourth-order valence-corrected chi connectivity index (χ4v) is 5.38. The first-order chi connectivity index (χ1) is 16.5. The lowest BCUT2D eigenvalue weighted by Gasteiger charge is -2.32. The molecule has 3 nitrogen and oxygen atoms in total. The molecule has 0 radical (unpaired) electrons. The van der Waals surface area contributed by atoms with Gasteiger partial charge in [-0.3, -0.25) is 4.98 Å². The fourth-order valence-electron chi connectivity index (χ4n) is 5.02. The summed E-state index contributed by atoms with van der Waals surface area (Å²) in [6.07, 6.45) is 12.9. The van der Waals surface area contributed by atoms with Crippen LogP contribution < -0.4 is 5.32 Å². The van der Waals surface area contributed by atoms with E-state index in [1.54, 1.807) is 0 Å². The molecular formula is C30H44ClN3. The third kappa shape index (κ3) is 6.86. The van der Waals surface area contributed by atoms with Crippen LogP contribution in [0, 0.1) is 0 Å². The van der Waals surface area contributed by atoms with Gasteiger partial charge in [0.05, 0.1) is 10.5 Å². The monoisotopic (exact) mass is 481 g/mol. The number of nitrogens with zero attached hydrogens (tertiary/aromatic N) is 2. The first kappa shape index (κ1) is 26.8. The molecule has 1 aromatic heterocycles. The number of hydrogen-bond acceptors (Lipinski definition) is 3. The normalized spacial score (nSPS) is 14.1. The summed E-state index contributed by atoms with van der Waals surface area (Å²) in [6.45, 7) is 15.3. The summed E-state index contributed by atoms with van der Waals surface area (Å²) in [4.78, 5) is 7.46. The highest BCUT2D eigenvalue weighted by molar-refractivity contribution is 6.36. The lowest BCUT2D eigenvalue weighted by atomic mass is 9.94. The summed E-state index contributed by atoms with van der Waals surface area (Å²) in [6, 6.07) is 6.92. The molecule has 1 N–H and O–H groups in total. The molecule has 1 unspecified atom stereocenters. The van der Waals surface area contributed by atoms with Crippen molar-refractivity contribution >= 4 is 28.2 Å². The smallest absolute Gasteiger partial charge is 0.0727 e. The van der Waals surface area contributed by atoms with Crippen molar-refractivity contribution in [2.75, 3.05) is 20.1 Å². The molecule has 2 aromatic rings. The van der Waals surface area contributed by atoms with Crippen LogP contribution in [0.5, 0.6) is 0 Å². The number of nitrogens with one attached hydrogen (secondary N) is 1. The van der Waals surface area contributed by atoms with Crippen LogP contribution >= 0.6 is 11.6 Å². The van der Waals surface area contributed by atoms with Crippen LogP contribution in [0.25, 0.3) is 16.6 Å². The SMILES string of the molecule is C=C(CCCCC)CN(CC(CCCC)NC)C(=C)c1ccc2c(Cl)c3c(nc2c1)CCCC3. The Morgan fingerprint density at radius 2 is 1.88 bits per heavy atom. The van der Waals surface area contributed by atoms with Gasteiger partial charge in [-0.15, -0.1) is 0 Å². The minimum Gasteiger partial charge on any atom is -0.366 e. The van der Waals surface area contributed by atoms with Gasteiger partial charge in [-0.2, -0.15) is 0 Å². The third-order valence-electron chi connectivity index (χ3n) is 7.21. The van der Waals surface area contributed by atoms with Gasteiger partial charge in [0.2, 0.25) is 0 Å². The second-order valence-corrected chi connectivity index (χ2v) is 10.3. The van der Waals surface area contributed by atoms with Gasteiger partial charge >= 0.3 is 0 Å².